The Kier molecular flexibility index (Phi) is 2.68. The second-order valence-corrected chi connectivity index (χ2v) is 3.95. The van der Waals surface area contributed by atoms with Gasteiger partial charge in [-0.25, -0.2) is 4.39 Å². The standard InChI is InChI=1S/C13H10FN5/c14-10-3-5-11(6-4-10)19-13(15)12(17-18-19)9-2-1-7-16-8-9/h1-8H,15H2. The fraction of sp³-hybridized carbons (Fsp3) is 0. The van der Waals surface area contributed by atoms with E-state index in [-0.39, 0.29) is 5.82 Å². The Morgan fingerprint density at radius 3 is 2.58 bits per heavy atom. The van der Waals surface area contributed by atoms with E-state index in [0.29, 0.717) is 17.2 Å². The number of benzene rings is 1. The van der Waals surface area contributed by atoms with E-state index in [1.807, 2.05) is 6.07 Å². The molecule has 2 heterocycles. The van der Waals surface area contributed by atoms with Crippen LogP contribution in [-0.4, -0.2) is 20.0 Å². The lowest BCUT2D eigenvalue weighted by molar-refractivity contribution is 0.627. The van der Waals surface area contributed by atoms with Gasteiger partial charge in [0.05, 0.1) is 5.69 Å². The summed E-state index contributed by atoms with van der Waals surface area (Å²) in [6.07, 6.45) is 3.33. The molecule has 0 aliphatic rings. The number of hydrogen-bond donors (Lipinski definition) is 1. The van der Waals surface area contributed by atoms with Crippen LogP contribution in [0.5, 0.6) is 0 Å². The first-order valence-corrected chi connectivity index (χ1v) is 5.63. The fourth-order valence-corrected chi connectivity index (χ4v) is 1.77. The molecule has 1 aromatic carbocycles. The summed E-state index contributed by atoms with van der Waals surface area (Å²) in [4.78, 5) is 4.01. The van der Waals surface area contributed by atoms with Gasteiger partial charge in [-0.15, -0.1) is 5.10 Å². The van der Waals surface area contributed by atoms with Crippen molar-refractivity contribution in [2.75, 3.05) is 5.73 Å². The third kappa shape index (κ3) is 2.03. The van der Waals surface area contributed by atoms with Crippen LogP contribution in [0.15, 0.2) is 48.8 Å². The molecule has 0 saturated carbocycles. The number of nitrogen functional groups attached to an aromatic ring is 1. The minimum atomic E-state index is -0.310. The summed E-state index contributed by atoms with van der Waals surface area (Å²) in [5.74, 6) is 0.0783. The van der Waals surface area contributed by atoms with Gasteiger partial charge in [0, 0.05) is 18.0 Å². The zero-order chi connectivity index (χ0) is 13.2. The molecule has 0 atom stereocenters. The Morgan fingerprint density at radius 1 is 1.11 bits per heavy atom. The number of nitrogens with zero attached hydrogens (tertiary/aromatic N) is 4. The highest BCUT2D eigenvalue weighted by molar-refractivity contribution is 5.70. The zero-order valence-electron chi connectivity index (χ0n) is 9.86. The molecular weight excluding hydrogens is 245 g/mol. The van der Waals surface area contributed by atoms with Crippen LogP contribution in [0, 0.1) is 5.82 Å². The molecule has 3 rings (SSSR count). The molecule has 94 valence electrons. The van der Waals surface area contributed by atoms with Crippen molar-refractivity contribution in [2.24, 2.45) is 0 Å². The maximum atomic E-state index is 12.9. The Hall–Kier alpha value is -2.76. The highest BCUT2D eigenvalue weighted by atomic mass is 19.1. The molecule has 0 bridgehead atoms. The maximum Gasteiger partial charge on any atom is 0.155 e. The summed E-state index contributed by atoms with van der Waals surface area (Å²) in [6.45, 7) is 0. The highest BCUT2D eigenvalue weighted by Gasteiger charge is 2.12. The van der Waals surface area contributed by atoms with Crippen LogP contribution in [0.2, 0.25) is 0 Å². The minimum Gasteiger partial charge on any atom is -0.382 e. The number of pyridine rings is 1. The second kappa shape index (κ2) is 4.49. The summed E-state index contributed by atoms with van der Waals surface area (Å²) >= 11 is 0. The number of nitrogens with two attached hydrogens (primary N) is 1. The third-order valence-electron chi connectivity index (χ3n) is 2.71. The van der Waals surface area contributed by atoms with Crippen molar-refractivity contribution in [3.63, 3.8) is 0 Å². The van der Waals surface area contributed by atoms with Gasteiger partial charge in [-0.2, -0.15) is 4.68 Å². The van der Waals surface area contributed by atoms with Crippen molar-refractivity contribution in [1.29, 1.82) is 0 Å². The summed E-state index contributed by atoms with van der Waals surface area (Å²) in [6, 6.07) is 9.52. The van der Waals surface area contributed by atoms with Crippen molar-refractivity contribution in [3.05, 3.63) is 54.6 Å². The summed E-state index contributed by atoms with van der Waals surface area (Å²) in [5.41, 5.74) is 8.01. The molecule has 0 saturated heterocycles. The molecule has 19 heavy (non-hydrogen) atoms. The van der Waals surface area contributed by atoms with Crippen molar-refractivity contribution < 1.29 is 4.39 Å². The number of aromatic nitrogens is 4. The van der Waals surface area contributed by atoms with Crippen LogP contribution in [0.1, 0.15) is 0 Å². The largest absolute Gasteiger partial charge is 0.382 e. The molecule has 0 aliphatic heterocycles. The van der Waals surface area contributed by atoms with E-state index in [4.69, 9.17) is 5.73 Å². The second-order valence-electron chi connectivity index (χ2n) is 3.95. The van der Waals surface area contributed by atoms with Gasteiger partial charge in [-0.3, -0.25) is 4.98 Å². The van der Waals surface area contributed by atoms with E-state index in [0.717, 1.165) is 5.56 Å². The molecular formula is C13H10FN5. The van der Waals surface area contributed by atoms with E-state index >= 15 is 0 Å². The first-order valence-electron chi connectivity index (χ1n) is 5.63. The SMILES string of the molecule is Nc1c(-c2cccnc2)nnn1-c1ccc(F)cc1. The van der Waals surface area contributed by atoms with E-state index in [1.165, 1.54) is 16.8 Å². The summed E-state index contributed by atoms with van der Waals surface area (Å²) in [7, 11) is 0. The molecule has 6 heteroatoms. The topological polar surface area (TPSA) is 69.6 Å². The first kappa shape index (κ1) is 11.3. The van der Waals surface area contributed by atoms with Crippen LogP contribution < -0.4 is 5.73 Å². The number of hydrogen-bond acceptors (Lipinski definition) is 4. The van der Waals surface area contributed by atoms with Gasteiger partial charge in [0.2, 0.25) is 0 Å². The van der Waals surface area contributed by atoms with E-state index in [1.54, 1.807) is 30.6 Å². The zero-order valence-corrected chi connectivity index (χ0v) is 9.86. The Bertz CT molecular complexity index is 691. The number of rotatable bonds is 2. The van der Waals surface area contributed by atoms with Crippen molar-refractivity contribution >= 4 is 5.82 Å². The van der Waals surface area contributed by atoms with Gasteiger partial charge < -0.3 is 5.73 Å². The van der Waals surface area contributed by atoms with Crippen molar-refractivity contribution in [1.82, 2.24) is 20.0 Å². The first-order chi connectivity index (χ1) is 9.25. The lowest BCUT2D eigenvalue weighted by atomic mass is 10.2. The Morgan fingerprint density at radius 2 is 1.89 bits per heavy atom. The lowest BCUT2D eigenvalue weighted by Gasteiger charge is -2.03. The Balaban J connectivity index is 2.06. The van der Waals surface area contributed by atoms with Crippen LogP contribution >= 0.6 is 0 Å². The van der Waals surface area contributed by atoms with E-state index < -0.39 is 0 Å². The van der Waals surface area contributed by atoms with Gasteiger partial charge in [-0.05, 0) is 36.4 Å². The smallest absolute Gasteiger partial charge is 0.155 e. The minimum absolute atomic E-state index is 0.310. The normalized spacial score (nSPS) is 10.6. The molecule has 2 N–H and O–H groups in total. The lowest BCUT2D eigenvalue weighted by Crippen LogP contribution is -2.02. The molecule has 0 radical (unpaired) electrons. The van der Waals surface area contributed by atoms with Gasteiger partial charge in [0.15, 0.2) is 5.82 Å². The van der Waals surface area contributed by atoms with Crippen LogP contribution in [-0.2, 0) is 0 Å². The maximum absolute atomic E-state index is 12.9. The molecule has 0 spiro atoms. The predicted octanol–water partition coefficient (Wildman–Crippen LogP) is 2.05. The predicted molar refractivity (Wildman–Crippen MR) is 69.0 cm³/mol. The fourth-order valence-electron chi connectivity index (χ4n) is 1.77. The van der Waals surface area contributed by atoms with E-state index in [9.17, 15) is 4.39 Å². The van der Waals surface area contributed by atoms with Crippen LogP contribution in [0.3, 0.4) is 0 Å². The van der Waals surface area contributed by atoms with Gasteiger partial charge in [0.1, 0.15) is 11.5 Å². The monoisotopic (exact) mass is 255 g/mol. The van der Waals surface area contributed by atoms with Gasteiger partial charge in [-0.1, -0.05) is 5.21 Å². The molecule has 0 fully saturated rings. The molecule has 0 aliphatic carbocycles. The van der Waals surface area contributed by atoms with Gasteiger partial charge >= 0.3 is 0 Å². The van der Waals surface area contributed by atoms with Crippen molar-refractivity contribution in [3.8, 4) is 16.9 Å². The van der Waals surface area contributed by atoms with Crippen LogP contribution in [0.25, 0.3) is 16.9 Å². The Labute approximate surface area is 108 Å². The molecule has 0 unspecified atom stereocenters. The van der Waals surface area contributed by atoms with Crippen LogP contribution in [0.4, 0.5) is 10.2 Å². The molecule has 0 amide bonds. The molecule has 3 aromatic rings. The average Bonchev–Trinajstić information content (AvgIpc) is 2.83. The summed E-state index contributed by atoms with van der Waals surface area (Å²) in [5, 5.41) is 8.02. The van der Waals surface area contributed by atoms with Gasteiger partial charge in [0.25, 0.3) is 0 Å². The third-order valence-corrected chi connectivity index (χ3v) is 2.71. The number of halogens is 1. The van der Waals surface area contributed by atoms with E-state index in [2.05, 4.69) is 15.3 Å². The molecule has 2 aromatic heterocycles. The van der Waals surface area contributed by atoms with Crippen molar-refractivity contribution in [2.45, 2.75) is 0 Å². The summed E-state index contributed by atoms with van der Waals surface area (Å²) < 4.78 is 14.3. The molecule has 5 nitrogen and oxygen atoms in total. The number of anilines is 1. The quantitative estimate of drug-likeness (QED) is 0.760. The average molecular weight is 255 g/mol. The highest BCUT2D eigenvalue weighted by Crippen LogP contribution is 2.24.